The van der Waals surface area contributed by atoms with E-state index in [1.807, 2.05) is 0 Å². The van der Waals surface area contributed by atoms with Crippen molar-refractivity contribution in [1.29, 1.82) is 0 Å². The third-order valence-electron chi connectivity index (χ3n) is 1.89. The monoisotopic (exact) mass is 293 g/mol. The van der Waals surface area contributed by atoms with Crippen LogP contribution in [0.1, 0.15) is 10.9 Å². The number of halogens is 3. The van der Waals surface area contributed by atoms with E-state index in [-0.39, 0.29) is 11.7 Å². The molecule has 1 aromatic rings. The van der Waals surface area contributed by atoms with Crippen molar-refractivity contribution in [3.63, 3.8) is 0 Å². The van der Waals surface area contributed by atoms with E-state index in [0.717, 1.165) is 0 Å². The lowest BCUT2D eigenvalue weighted by atomic mass is 10.1. The second-order valence-corrected chi connectivity index (χ2v) is 4.55. The van der Waals surface area contributed by atoms with E-state index in [1.165, 1.54) is 23.1 Å². The molecule has 2 nitrogen and oxygen atoms in total. The van der Waals surface area contributed by atoms with Crippen LogP contribution in [0.5, 0.6) is 0 Å². The maximum Gasteiger partial charge on any atom is 0.244 e. The molecule has 0 N–H and O–H groups in total. The van der Waals surface area contributed by atoms with E-state index < -0.39 is 5.38 Å². The maximum absolute atomic E-state index is 12.8. The number of likely N-dealkylation sites (N-methyl/N-ethyl adjacent to an activating group) is 1. The predicted octanol–water partition coefficient (Wildman–Crippen LogP) is 2.96. The highest BCUT2D eigenvalue weighted by molar-refractivity contribution is 9.10. The minimum Gasteiger partial charge on any atom is -0.347 e. The number of rotatable bonds is 2. The first-order valence-electron chi connectivity index (χ1n) is 4.23. The van der Waals surface area contributed by atoms with Gasteiger partial charge in [-0.25, -0.2) is 4.39 Å². The van der Waals surface area contributed by atoms with Gasteiger partial charge in [0.2, 0.25) is 5.91 Å². The Morgan fingerprint density at radius 1 is 1.53 bits per heavy atom. The lowest BCUT2D eigenvalue weighted by molar-refractivity contribution is -0.128. The Balaban J connectivity index is 3.01. The number of carbonyl (C=O) groups is 1. The third kappa shape index (κ3) is 2.92. The number of alkyl halides is 1. The zero-order valence-electron chi connectivity index (χ0n) is 8.30. The molecule has 1 amide bonds. The van der Waals surface area contributed by atoms with Gasteiger partial charge in [-0.1, -0.05) is 22.0 Å². The Bertz CT molecular complexity index is 384. The van der Waals surface area contributed by atoms with Gasteiger partial charge in [-0.05, 0) is 17.7 Å². The van der Waals surface area contributed by atoms with E-state index in [4.69, 9.17) is 11.6 Å². The van der Waals surface area contributed by atoms with Gasteiger partial charge in [0.05, 0.1) is 0 Å². The Labute approximate surface area is 101 Å². The molecule has 82 valence electrons. The molecule has 1 rings (SSSR count). The van der Waals surface area contributed by atoms with Crippen LogP contribution in [0, 0.1) is 5.82 Å². The Morgan fingerprint density at radius 3 is 2.60 bits per heavy atom. The van der Waals surface area contributed by atoms with Crippen LogP contribution in [0.4, 0.5) is 4.39 Å². The van der Waals surface area contributed by atoms with E-state index in [1.54, 1.807) is 14.1 Å². The van der Waals surface area contributed by atoms with Crippen molar-refractivity contribution in [3.8, 4) is 0 Å². The molecule has 0 aliphatic carbocycles. The standard InChI is InChI=1S/C10H10BrClFNO/c1-14(2)10(15)9(12)7-4-3-6(13)5-8(7)11/h3-5,9H,1-2H3. The fourth-order valence-corrected chi connectivity index (χ4v) is 2.16. The molecule has 0 aromatic heterocycles. The van der Waals surface area contributed by atoms with Crippen molar-refractivity contribution in [2.24, 2.45) is 0 Å². The number of hydrogen-bond acceptors (Lipinski definition) is 1. The average Bonchev–Trinajstić information content (AvgIpc) is 2.15. The Kier molecular flexibility index (Phi) is 4.11. The minimum absolute atomic E-state index is 0.232. The lowest BCUT2D eigenvalue weighted by Crippen LogP contribution is -2.25. The van der Waals surface area contributed by atoms with Crippen LogP contribution in [-0.2, 0) is 4.79 Å². The summed E-state index contributed by atoms with van der Waals surface area (Å²) >= 11 is 9.14. The molecule has 0 aliphatic rings. The van der Waals surface area contributed by atoms with Crippen LogP contribution in [0.3, 0.4) is 0 Å². The molecule has 15 heavy (non-hydrogen) atoms. The molecule has 1 atom stereocenters. The fraction of sp³-hybridized carbons (Fsp3) is 0.300. The zero-order valence-corrected chi connectivity index (χ0v) is 10.6. The molecule has 0 saturated heterocycles. The second kappa shape index (κ2) is 4.94. The molecule has 0 heterocycles. The van der Waals surface area contributed by atoms with Crippen LogP contribution in [0.25, 0.3) is 0 Å². The maximum atomic E-state index is 12.8. The van der Waals surface area contributed by atoms with Gasteiger partial charge in [0.25, 0.3) is 0 Å². The number of benzene rings is 1. The molecular formula is C10H10BrClFNO. The SMILES string of the molecule is CN(C)C(=O)C(Cl)c1ccc(F)cc1Br. The lowest BCUT2D eigenvalue weighted by Gasteiger charge is -2.16. The quantitative estimate of drug-likeness (QED) is 0.768. The summed E-state index contributed by atoms with van der Waals surface area (Å²) in [6.45, 7) is 0. The molecule has 1 unspecified atom stereocenters. The van der Waals surface area contributed by atoms with Gasteiger partial charge in [0.1, 0.15) is 11.2 Å². The van der Waals surface area contributed by atoms with Gasteiger partial charge in [-0.15, -0.1) is 11.6 Å². The van der Waals surface area contributed by atoms with Crippen molar-refractivity contribution in [3.05, 3.63) is 34.1 Å². The number of hydrogen-bond donors (Lipinski definition) is 0. The normalized spacial score (nSPS) is 12.3. The molecule has 1 aromatic carbocycles. The van der Waals surface area contributed by atoms with Crippen LogP contribution >= 0.6 is 27.5 Å². The van der Waals surface area contributed by atoms with E-state index >= 15 is 0 Å². The third-order valence-corrected chi connectivity index (χ3v) is 3.00. The van der Waals surface area contributed by atoms with E-state index in [0.29, 0.717) is 10.0 Å². The first-order valence-corrected chi connectivity index (χ1v) is 5.46. The Morgan fingerprint density at radius 2 is 2.13 bits per heavy atom. The van der Waals surface area contributed by atoms with Crippen molar-refractivity contribution >= 4 is 33.4 Å². The van der Waals surface area contributed by atoms with Crippen molar-refractivity contribution in [2.45, 2.75) is 5.38 Å². The van der Waals surface area contributed by atoms with Gasteiger partial charge in [-0.3, -0.25) is 4.79 Å². The van der Waals surface area contributed by atoms with E-state index in [2.05, 4.69) is 15.9 Å². The van der Waals surface area contributed by atoms with Crippen molar-refractivity contribution in [2.75, 3.05) is 14.1 Å². The molecule has 0 bridgehead atoms. The van der Waals surface area contributed by atoms with Crippen LogP contribution in [-0.4, -0.2) is 24.9 Å². The summed E-state index contributed by atoms with van der Waals surface area (Å²) in [6, 6.07) is 4.06. The van der Waals surface area contributed by atoms with Crippen LogP contribution in [0.15, 0.2) is 22.7 Å². The highest BCUT2D eigenvalue weighted by Crippen LogP contribution is 2.29. The topological polar surface area (TPSA) is 20.3 Å². The van der Waals surface area contributed by atoms with Gasteiger partial charge >= 0.3 is 0 Å². The molecule has 5 heteroatoms. The Hall–Kier alpha value is -0.610. The first kappa shape index (κ1) is 12.5. The van der Waals surface area contributed by atoms with Gasteiger partial charge in [0, 0.05) is 18.6 Å². The van der Waals surface area contributed by atoms with Crippen LogP contribution in [0.2, 0.25) is 0 Å². The minimum atomic E-state index is -0.796. The molecule has 0 fully saturated rings. The van der Waals surface area contributed by atoms with Crippen LogP contribution < -0.4 is 0 Å². The number of nitrogens with zero attached hydrogens (tertiary/aromatic N) is 1. The van der Waals surface area contributed by atoms with Crippen molar-refractivity contribution < 1.29 is 9.18 Å². The average molecular weight is 295 g/mol. The van der Waals surface area contributed by atoms with Gasteiger partial charge in [0.15, 0.2) is 0 Å². The molecule has 0 spiro atoms. The van der Waals surface area contributed by atoms with E-state index in [9.17, 15) is 9.18 Å². The highest BCUT2D eigenvalue weighted by Gasteiger charge is 2.21. The number of amides is 1. The highest BCUT2D eigenvalue weighted by atomic mass is 79.9. The summed E-state index contributed by atoms with van der Waals surface area (Å²) in [5.74, 6) is -0.601. The molecule has 0 saturated carbocycles. The summed E-state index contributed by atoms with van der Waals surface area (Å²) in [4.78, 5) is 13.0. The predicted molar refractivity (Wildman–Crippen MR) is 61.4 cm³/mol. The largest absolute Gasteiger partial charge is 0.347 e. The second-order valence-electron chi connectivity index (χ2n) is 3.26. The molecule has 0 aliphatic heterocycles. The van der Waals surface area contributed by atoms with Crippen molar-refractivity contribution in [1.82, 2.24) is 4.90 Å². The summed E-state index contributed by atoms with van der Waals surface area (Å²) in [7, 11) is 3.24. The fourth-order valence-electron chi connectivity index (χ4n) is 1.07. The number of carbonyl (C=O) groups excluding carboxylic acids is 1. The smallest absolute Gasteiger partial charge is 0.244 e. The van der Waals surface area contributed by atoms with Gasteiger partial charge < -0.3 is 4.90 Å². The summed E-state index contributed by atoms with van der Waals surface area (Å²) in [5, 5.41) is -0.796. The summed E-state index contributed by atoms with van der Waals surface area (Å²) in [6.07, 6.45) is 0. The zero-order chi connectivity index (χ0) is 11.6. The first-order chi connectivity index (χ1) is 6.93. The van der Waals surface area contributed by atoms with Gasteiger partial charge in [-0.2, -0.15) is 0 Å². The molecular weight excluding hydrogens is 284 g/mol. The molecule has 0 radical (unpaired) electrons. The summed E-state index contributed by atoms with van der Waals surface area (Å²) < 4.78 is 13.3. The summed E-state index contributed by atoms with van der Waals surface area (Å²) in [5.41, 5.74) is 0.566.